The van der Waals surface area contributed by atoms with Crippen molar-refractivity contribution >= 4 is 22.8 Å². The number of halogens is 1. The molecule has 144 valence electrons. The van der Waals surface area contributed by atoms with Gasteiger partial charge in [-0.15, -0.1) is 0 Å². The summed E-state index contributed by atoms with van der Waals surface area (Å²) in [5, 5.41) is 10.7. The lowest BCUT2D eigenvalue weighted by Gasteiger charge is -2.31. The Morgan fingerprint density at radius 3 is 3.07 bits per heavy atom. The van der Waals surface area contributed by atoms with Crippen LogP contribution >= 0.6 is 0 Å². The van der Waals surface area contributed by atoms with E-state index in [0.29, 0.717) is 28.4 Å². The third kappa shape index (κ3) is 3.30. The van der Waals surface area contributed by atoms with Crippen molar-refractivity contribution in [3.8, 4) is 11.5 Å². The second-order valence-corrected chi connectivity index (χ2v) is 6.75. The molecule has 3 atom stereocenters. The highest BCUT2D eigenvalue weighted by Crippen LogP contribution is 2.29. The normalized spacial score (nSPS) is 21.6. The van der Waals surface area contributed by atoms with Crippen molar-refractivity contribution < 1.29 is 13.9 Å². The third-order valence-electron chi connectivity index (χ3n) is 4.89. The highest BCUT2D eigenvalue weighted by Gasteiger charge is 2.34. The Morgan fingerprint density at radius 2 is 2.25 bits per heavy atom. The van der Waals surface area contributed by atoms with Gasteiger partial charge < -0.3 is 10.1 Å². The molecule has 0 amide bonds. The quantitative estimate of drug-likeness (QED) is 0.528. The number of pyridine rings is 1. The highest BCUT2D eigenvalue weighted by atomic mass is 19.1. The van der Waals surface area contributed by atoms with Gasteiger partial charge in [-0.3, -0.25) is 9.89 Å². The number of nitrogens with one attached hydrogen (secondary N) is 2. The number of fused-ring (bicyclic) bond motifs is 1. The molecule has 28 heavy (non-hydrogen) atoms. The average Bonchev–Trinajstić information content (AvgIpc) is 3.11. The van der Waals surface area contributed by atoms with Gasteiger partial charge in [0, 0.05) is 6.20 Å². The first-order valence-electron chi connectivity index (χ1n) is 8.91. The van der Waals surface area contributed by atoms with Crippen molar-refractivity contribution in [3.63, 3.8) is 0 Å². The molecule has 0 aromatic carbocycles. The molecule has 0 radical (unpaired) electrons. The molecule has 2 N–H and O–H groups in total. The fourth-order valence-corrected chi connectivity index (χ4v) is 3.49. The van der Waals surface area contributed by atoms with Gasteiger partial charge >= 0.3 is 5.97 Å². The molecule has 3 unspecified atom stereocenters. The van der Waals surface area contributed by atoms with Gasteiger partial charge in [-0.05, 0) is 24.5 Å². The van der Waals surface area contributed by atoms with Crippen LogP contribution in [0.5, 0.6) is 0 Å². The summed E-state index contributed by atoms with van der Waals surface area (Å²) in [4.78, 5) is 24.9. The summed E-state index contributed by atoms with van der Waals surface area (Å²) in [5.74, 6) is -0.0528. The van der Waals surface area contributed by atoms with Gasteiger partial charge in [-0.2, -0.15) is 5.10 Å². The minimum atomic E-state index is -0.466. The molecule has 0 aliphatic heterocycles. The zero-order valence-corrected chi connectivity index (χ0v) is 15.4. The Labute approximate surface area is 160 Å². The number of esters is 1. The van der Waals surface area contributed by atoms with Crippen LogP contribution in [0.4, 0.5) is 10.2 Å². The minimum Gasteiger partial charge on any atom is -0.469 e. The van der Waals surface area contributed by atoms with E-state index in [9.17, 15) is 9.18 Å². The molecule has 3 heterocycles. The van der Waals surface area contributed by atoms with E-state index >= 15 is 0 Å². The Hall–Kier alpha value is -3.36. The summed E-state index contributed by atoms with van der Waals surface area (Å²) in [6.07, 6.45) is 7.50. The summed E-state index contributed by atoms with van der Waals surface area (Å²) >= 11 is 0. The van der Waals surface area contributed by atoms with Gasteiger partial charge in [0.25, 0.3) is 0 Å². The van der Waals surface area contributed by atoms with Crippen LogP contribution in [0.2, 0.25) is 0 Å². The molecular weight excluding hydrogens is 363 g/mol. The molecule has 1 aliphatic rings. The monoisotopic (exact) mass is 382 g/mol. The molecule has 3 aromatic rings. The fourth-order valence-electron chi connectivity index (χ4n) is 3.49. The lowest BCUT2D eigenvalue weighted by molar-refractivity contribution is -0.147. The number of aromatic nitrogens is 5. The fraction of sp³-hybridized carbons (Fsp3) is 0.316. The molecule has 0 bridgehead atoms. The summed E-state index contributed by atoms with van der Waals surface area (Å²) in [6.45, 7) is 2.02. The van der Waals surface area contributed by atoms with Crippen molar-refractivity contribution in [1.29, 1.82) is 0 Å². The van der Waals surface area contributed by atoms with E-state index < -0.39 is 5.82 Å². The molecule has 3 aromatic heterocycles. The maximum Gasteiger partial charge on any atom is 0.311 e. The van der Waals surface area contributed by atoms with E-state index in [4.69, 9.17) is 4.74 Å². The van der Waals surface area contributed by atoms with Crippen molar-refractivity contribution in [1.82, 2.24) is 25.1 Å². The summed E-state index contributed by atoms with van der Waals surface area (Å²) in [6, 6.07) is 2.79. The minimum absolute atomic E-state index is 0.139. The molecule has 9 heteroatoms. The highest BCUT2D eigenvalue weighted by molar-refractivity contribution is 5.88. The number of methoxy groups -OCH3 is 1. The maximum absolute atomic E-state index is 13.6. The summed E-state index contributed by atoms with van der Waals surface area (Å²) in [7, 11) is 1.39. The molecule has 8 nitrogen and oxygen atoms in total. The molecule has 0 saturated heterocycles. The van der Waals surface area contributed by atoms with Crippen molar-refractivity contribution in [2.24, 2.45) is 11.8 Å². The van der Waals surface area contributed by atoms with Gasteiger partial charge in [0.1, 0.15) is 17.3 Å². The van der Waals surface area contributed by atoms with Crippen molar-refractivity contribution in [3.05, 3.63) is 42.5 Å². The van der Waals surface area contributed by atoms with Gasteiger partial charge in [0.2, 0.25) is 0 Å². The predicted octanol–water partition coefficient (Wildman–Crippen LogP) is 2.72. The van der Waals surface area contributed by atoms with Crippen LogP contribution in [0.15, 0.2) is 36.7 Å². The van der Waals surface area contributed by atoms with E-state index in [1.165, 1.54) is 13.2 Å². The Morgan fingerprint density at radius 1 is 1.39 bits per heavy atom. The maximum atomic E-state index is 13.6. The first-order chi connectivity index (χ1) is 13.6. The second-order valence-electron chi connectivity index (χ2n) is 6.75. The predicted molar refractivity (Wildman–Crippen MR) is 101 cm³/mol. The topological polar surface area (TPSA) is 106 Å². The SMILES string of the molecule is COC(=O)C1C(C)CC=CC1Nc1ccnc(-c2n[nH]c3ncc(F)cc23)n1. The number of H-pyrrole nitrogens is 1. The summed E-state index contributed by atoms with van der Waals surface area (Å²) < 4.78 is 18.5. The van der Waals surface area contributed by atoms with Gasteiger partial charge in [0.15, 0.2) is 11.5 Å². The molecule has 4 rings (SSSR count). The van der Waals surface area contributed by atoms with Crippen LogP contribution in [0.1, 0.15) is 13.3 Å². The Bertz CT molecular complexity index is 1050. The standard InChI is InChI=1S/C19H19FN6O2/c1-10-4-3-5-13(15(10)19(27)28-2)23-14-6-7-21-18(24-14)16-12-8-11(20)9-22-17(12)26-25-16/h3,5-10,13,15H,4H2,1-2H3,(H,21,23,24)(H,22,25,26). The van der Waals surface area contributed by atoms with Gasteiger partial charge in [-0.25, -0.2) is 19.3 Å². The molecule has 0 saturated carbocycles. The summed E-state index contributed by atoms with van der Waals surface area (Å²) in [5.41, 5.74) is 0.857. The average molecular weight is 382 g/mol. The number of hydrogen-bond donors (Lipinski definition) is 2. The van der Waals surface area contributed by atoms with Gasteiger partial charge in [0.05, 0.1) is 30.7 Å². The third-order valence-corrected chi connectivity index (χ3v) is 4.89. The number of rotatable bonds is 4. The number of carbonyl (C=O) groups excluding carboxylic acids is 1. The van der Waals surface area contributed by atoms with E-state index in [1.807, 2.05) is 19.1 Å². The second kappa shape index (κ2) is 7.34. The Balaban J connectivity index is 1.65. The lowest BCUT2D eigenvalue weighted by Crippen LogP contribution is -2.40. The number of carbonyl (C=O) groups is 1. The molecule has 0 fully saturated rings. The molecule has 1 aliphatic carbocycles. The van der Waals surface area contributed by atoms with Crippen molar-refractivity contribution in [2.45, 2.75) is 19.4 Å². The van der Waals surface area contributed by atoms with Gasteiger partial charge in [-0.1, -0.05) is 19.1 Å². The van der Waals surface area contributed by atoms with E-state index in [2.05, 4.69) is 30.5 Å². The lowest BCUT2D eigenvalue weighted by atomic mass is 9.81. The number of hydrogen-bond acceptors (Lipinski definition) is 7. The number of allylic oxidation sites excluding steroid dienone is 1. The number of anilines is 1. The largest absolute Gasteiger partial charge is 0.469 e. The van der Waals surface area contributed by atoms with E-state index in [0.717, 1.165) is 12.6 Å². The Kier molecular flexibility index (Phi) is 4.72. The first-order valence-corrected chi connectivity index (χ1v) is 8.91. The number of aromatic amines is 1. The van der Waals surface area contributed by atoms with Crippen LogP contribution in [-0.2, 0) is 9.53 Å². The molecular formula is C19H19FN6O2. The van der Waals surface area contributed by atoms with Crippen molar-refractivity contribution in [2.75, 3.05) is 12.4 Å². The van der Waals surface area contributed by atoms with Crippen LogP contribution in [0.3, 0.4) is 0 Å². The number of nitrogens with zero attached hydrogens (tertiary/aromatic N) is 4. The zero-order chi connectivity index (χ0) is 19.7. The zero-order valence-electron chi connectivity index (χ0n) is 15.4. The molecule has 0 spiro atoms. The van der Waals surface area contributed by atoms with Crippen LogP contribution in [0, 0.1) is 17.7 Å². The van der Waals surface area contributed by atoms with Crippen LogP contribution < -0.4 is 5.32 Å². The van der Waals surface area contributed by atoms with Crippen LogP contribution in [-0.4, -0.2) is 44.3 Å². The van der Waals surface area contributed by atoms with E-state index in [1.54, 1.807) is 12.3 Å². The number of ether oxygens (including phenoxy) is 1. The smallest absolute Gasteiger partial charge is 0.311 e. The van der Waals surface area contributed by atoms with E-state index in [-0.39, 0.29) is 23.8 Å². The first kappa shape index (κ1) is 18.0. The van der Waals surface area contributed by atoms with Crippen LogP contribution in [0.25, 0.3) is 22.6 Å².